The summed E-state index contributed by atoms with van der Waals surface area (Å²) >= 11 is 0. The molecule has 1 atom stereocenters. The third kappa shape index (κ3) is 3.47. The van der Waals surface area contributed by atoms with Crippen LogP contribution in [0, 0.1) is 0 Å². The number of aromatic amines is 1. The number of carbonyl (C=O) groups is 1. The van der Waals surface area contributed by atoms with Crippen molar-refractivity contribution < 1.29 is 4.79 Å². The number of aromatic nitrogens is 2. The Hall–Kier alpha value is -2.14. The molecule has 5 heteroatoms. The van der Waals surface area contributed by atoms with Crippen molar-refractivity contribution in [1.82, 2.24) is 20.0 Å². The Morgan fingerprint density at radius 1 is 1.04 bits per heavy atom. The van der Waals surface area contributed by atoms with Crippen molar-refractivity contribution in [1.29, 1.82) is 0 Å². The second-order valence-electron chi connectivity index (χ2n) is 7.17. The number of carbonyl (C=O) groups excluding carboxylic acids is 1. The molecule has 1 amide bonds. The second kappa shape index (κ2) is 7.40. The van der Waals surface area contributed by atoms with Crippen LogP contribution in [0.2, 0.25) is 0 Å². The highest BCUT2D eigenvalue weighted by atomic mass is 16.2. The summed E-state index contributed by atoms with van der Waals surface area (Å²) in [5, 5.41) is 7.19. The topological polar surface area (TPSA) is 52.2 Å². The van der Waals surface area contributed by atoms with E-state index >= 15 is 0 Å². The third-order valence-corrected chi connectivity index (χ3v) is 5.62. The summed E-state index contributed by atoms with van der Waals surface area (Å²) in [5.74, 6) is 0.806. The first-order valence-electron chi connectivity index (χ1n) is 9.40. The molecule has 4 rings (SSSR count). The summed E-state index contributed by atoms with van der Waals surface area (Å²) in [6.07, 6.45) is 6.23. The quantitative estimate of drug-likeness (QED) is 0.932. The van der Waals surface area contributed by atoms with Gasteiger partial charge in [-0.25, -0.2) is 0 Å². The molecule has 0 unspecified atom stereocenters. The number of hydrogen-bond acceptors (Lipinski definition) is 3. The highest BCUT2D eigenvalue weighted by Gasteiger charge is 2.34. The van der Waals surface area contributed by atoms with Crippen LogP contribution >= 0.6 is 0 Å². The molecule has 3 heterocycles. The third-order valence-electron chi connectivity index (χ3n) is 5.62. The van der Waals surface area contributed by atoms with E-state index in [1.165, 1.54) is 5.69 Å². The van der Waals surface area contributed by atoms with Crippen molar-refractivity contribution in [3.63, 3.8) is 0 Å². The van der Waals surface area contributed by atoms with Gasteiger partial charge in [0.15, 0.2) is 0 Å². The average molecular weight is 338 g/mol. The molecule has 2 aliphatic heterocycles. The molecule has 25 heavy (non-hydrogen) atoms. The molecular formula is C20H26N4O. The predicted molar refractivity (Wildman–Crippen MR) is 97.1 cm³/mol. The van der Waals surface area contributed by atoms with E-state index in [1.54, 1.807) is 0 Å². The van der Waals surface area contributed by atoms with Crippen LogP contribution in [0.25, 0.3) is 0 Å². The van der Waals surface area contributed by atoms with Gasteiger partial charge in [0.05, 0.1) is 0 Å². The molecule has 1 aromatic carbocycles. The number of hydrogen-bond donors (Lipinski definition) is 1. The summed E-state index contributed by atoms with van der Waals surface area (Å²) in [5.41, 5.74) is 2.35. The maximum absolute atomic E-state index is 13.2. The SMILES string of the molecule is O=C([C@@H](c1ccccc1)N1CCC(c2ccn[nH]2)CC1)N1CCCC1. The first-order valence-corrected chi connectivity index (χ1v) is 9.40. The Bertz CT molecular complexity index is 671. The summed E-state index contributed by atoms with van der Waals surface area (Å²) in [6.45, 7) is 3.71. The Morgan fingerprint density at radius 2 is 1.76 bits per heavy atom. The Labute approximate surface area is 149 Å². The van der Waals surface area contributed by atoms with Crippen LogP contribution in [0.15, 0.2) is 42.6 Å². The fourth-order valence-corrected chi connectivity index (χ4v) is 4.22. The van der Waals surface area contributed by atoms with Crippen LogP contribution in [-0.2, 0) is 4.79 Å². The lowest BCUT2D eigenvalue weighted by Crippen LogP contribution is -2.45. The van der Waals surface area contributed by atoms with Crippen molar-refractivity contribution in [3.8, 4) is 0 Å². The largest absolute Gasteiger partial charge is 0.341 e. The van der Waals surface area contributed by atoms with Gasteiger partial charge < -0.3 is 4.90 Å². The van der Waals surface area contributed by atoms with Crippen molar-refractivity contribution in [2.24, 2.45) is 0 Å². The van der Waals surface area contributed by atoms with Gasteiger partial charge in [-0.2, -0.15) is 5.10 Å². The summed E-state index contributed by atoms with van der Waals surface area (Å²) in [6, 6.07) is 12.2. The lowest BCUT2D eigenvalue weighted by atomic mass is 9.91. The molecule has 2 aromatic rings. The summed E-state index contributed by atoms with van der Waals surface area (Å²) in [4.78, 5) is 17.7. The fraction of sp³-hybridized carbons (Fsp3) is 0.500. The monoisotopic (exact) mass is 338 g/mol. The van der Waals surface area contributed by atoms with Gasteiger partial charge in [-0.05, 0) is 50.4 Å². The molecule has 0 aliphatic carbocycles. The average Bonchev–Trinajstić information content (AvgIpc) is 3.37. The minimum absolute atomic E-state index is 0.137. The molecule has 2 aliphatic rings. The Balaban J connectivity index is 1.51. The van der Waals surface area contributed by atoms with Gasteiger partial charge in [-0.15, -0.1) is 0 Å². The van der Waals surface area contributed by atoms with E-state index in [0.29, 0.717) is 5.92 Å². The minimum atomic E-state index is -0.137. The Kier molecular flexibility index (Phi) is 4.83. The molecule has 132 valence electrons. The van der Waals surface area contributed by atoms with E-state index < -0.39 is 0 Å². The van der Waals surface area contributed by atoms with E-state index in [4.69, 9.17) is 0 Å². The van der Waals surface area contributed by atoms with Crippen molar-refractivity contribution in [3.05, 3.63) is 53.9 Å². The van der Waals surface area contributed by atoms with Crippen LogP contribution in [0.3, 0.4) is 0 Å². The zero-order chi connectivity index (χ0) is 17.1. The maximum atomic E-state index is 13.2. The zero-order valence-corrected chi connectivity index (χ0v) is 14.6. The van der Waals surface area contributed by atoms with Gasteiger partial charge in [0.2, 0.25) is 5.91 Å². The molecular weight excluding hydrogens is 312 g/mol. The lowest BCUT2D eigenvalue weighted by Gasteiger charge is -2.38. The van der Waals surface area contributed by atoms with Crippen LogP contribution in [0.1, 0.15) is 48.9 Å². The first kappa shape index (κ1) is 16.3. The first-order chi connectivity index (χ1) is 12.3. The number of likely N-dealkylation sites (tertiary alicyclic amines) is 2. The second-order valence-corrected chi connectivity index (χ2v) is 7.17. The highest BCUT2D eigenvalue weighted by molar-refractivity contribution is 5.83. The van der Waals surface area contributed by atoms with E-state index in [-0.39, 0.29) is 11.9 Å². The lowest BCUT2D eigenvalue weighted by molar-refractivity contribution is -0.136. The van der Waals surface area contributed by atoms with Gasteiger partial charge in [0, 0.05) is 30.9 Å². The van der Waals surface area contributed by atoms with Gasteiger partial charge in [-0.3, -0.25) is 14.8 Å². The number of piperidine rings is 1. The molecule has 1 N–H and O–H groups in total. The maximum Gasteiger partial charge on any atom is 0.244 e. The number of amides is 1. The standard InChI is InChI=1S/C20H26N4O/c25-20(24-12-4-5-13-24)19(17-6-2-1-3-7-17)23-14-9-16(10-15-23)18-8-11-21-22-18/h1-3,6-8,11,16,19H,4-5,9-10,12-15H2,(H,21,22)/t19-/m1/s1. The summed E-state index contributed by atoms with van der Waals surface area (Å²) < 4.78 is 0. The van der Waals surface area contributed by atoms with Crippen molar-refractivity contribution in [2.45, 2.75) is 37.6 Å². The van der Waals surface area contributed by atoms with Gasteiger partial charge in [-0.1, -0.05) is 30.3 Å². The summed E-state index contributed by atoms with van der Waals surface area (Å²) in [7, 11) is 0. The van der Waals surface area contributed by atoms with Crippen molar-refractivity contribution >= 4 is 5.91 Å². The van der Waals surface area contributed by atoms with Crippen molar-refractivity contribution in [2.75, 3.05) is 26.2 Å². The van der Waals surface area contributed by atoms with Crippen LogP contribution in [-0.4, -0.2) is 52.1 Å². The number of H-pyrrole nitrogens is 1. The van der Waals surface area contributed by atoms with E-state index in [1.807, 2.05) is 24.4 Å². The van der Waals surface area contributed by atoms with Crippen LogP contribution < -0.4 is 0 Å². The minimum Gasteiger partial charge on any atom is -0.341 e. The van der Waals surface area contributed by atoms with Gasteiger partial charge in [0.1, 0.15) is 6.04 Å². The van der Waals surface area contributed by atoms with Crippen LogP contribution in [0.5, 0.6) is 0 Å². The molecule has 5 nitrogen and oxygen atoms in total. The fourth-order valence-electron chi connectivity index (χ4n) is 4.22. The van der Waals surface area contributed by atoms with Crippen LogP contribution in [0.4, 0.5) is 0 Å². The smallest absolute Gasteiger partial charge is 0.244 e. The highest BCUT2D eigenvalue weighted by Crippen LogP contribution is 2.33. The Morgan fingerprint density at radius 3 is 2.40 bits per heavy atom. The molecule has 0 spiro atoms. The molecule has 0 radical (unpaired) electrons. The molecule has 0 saturated carbocycles. The molecule has 1 aromatic heterocycles. The number of nitrogens with one attached hydrogen (secondary N) is 1. The van der Waals surface area contributed by atoms with Gasteiger partial charge >= 0.3 is 0 Å². The number of rotatable bonds is 4. The zero-order valence-electron chi connectivity index (χ0n) is 14.6. The number of benzene rings is 1. The normalized spacial score (nSPS) is 20.7. The predicted octanol–water partition coefficient (Wildman–Crippen LogP) is 2.95. The van der Waals surface area contributed by atoms with E-state index in [2.05, 4.69) is 38.2 Å². The molecule has 0 bridgehead atoms. The molecule has 2 fully saturated rings. The van der Waals surface area contributed by atoms with E-state index in [0.717, 1.165) is 57.4 Å². The molecule has 2 saturated heterocycles. The van der Waals surface area contributed by atoms with E-state index in [9.17, 15) is 4.79 Å². The number of nitrogens with zero attached hydrogens (tertiary/aromatic N) is 3. The van der Waals surface area contributed by atoms with Gasteiger partial charge in [0.25, 0.3) is 0 Å².